The van der Waals surface area contributed by atoms with Gasteiger partial charge >= 0.3 is 0 Å². The van der Waals surface area contributed by atoms with Gasteiger partial charge in [-0.2, -0.15) is 0 Å². The summed E-state index contributed by atoms with van der Waals surface area (Å²) in [6, 6.07) is 2.10. The first-order chi connectivity index (χ1) is 9.63. The number of rotatable bonds is 8. The number of anilines is 2. The quantitative estimate of drug-likeness (QED) is 0.786. The van der Waals surface area contributed by atoms with E-state index >= 15 is 0 Å². The van der Waals surface area contributed by atoms with Gasteiger partial charge in [-0.05, 0) is 32.1 Å². The van der Waals surface area contributed by atoms with Crippen LogP contribution in [-0.4, -0.2) is 29.6 Å². The topological polar surface area (TPSA) is 41.0 Å². The highest BCUT2D eigenvalue weighted by Crippen LogP contribution is 2.31. The zero-order valence-electron chi connectivity index (χ0n) is 13.3. The molecule has 0 amide bonds. The minimum absolute atomic E-state index is 0.358. The van der Waals surface area contributed by atoms with Crippen LogP contribution in [0.4, 0.5) is 11.6 Å². The zero-order valence-corrected chi connectivity index (χ0v) is 13.3. The first-order valence-electron chi connectivity index (χ1n) is 8.01. The van der Waals surface area contributed by atoms with Gasteiger partial charge in [0.05, 0.1) is 0 Å². The third kappa shape index (κ3) is 4.09. The predicted octanol–water partition coefficient (Wildman–Crippen LogP) is 3.66. The molecule has 4 nitrogen and oxygen atoms in total. The van der Waals surface area contributed by atoms with Crippen LogP contribution in [0.1, 0.15) is 58.7 Å². The van der Waals surface area contributed by atoms with Crippen LogP contribution in [-0.2, 0) is 0 Å². The maximum Gasteiger partial charge on any atom is 0.135 e. The van der Waals surface area contributed by atoms with E-state index < -0.39 is 0 Å². The zero-order chi connectivity index (χ0) is 14.5. The van der Waals surface area contributed by atoms with E-state index in [0.717, 1.165) is 49.4 Å². The van der Waals surface area contributed by atoms with E-state index in [0.29, 0.717) is 5.92 Å². The lowest BCUT2D eigenvalue weighted by Gasteiger charge is -2.24. The van der Waals surface area contributed by atoms with E-state index in [1.165, 1.54) is 12.8 Å². The molecule has 0 saturated heterocycles. The number of aromatic nitrogens is 2. The van der Waals surface area contributed by atoms with E-state index in [-0.39, 0.29) is 0 Å². The molecular formula is C16H28N4. The van der Waals surface area contributed by atoms with Crippen molar-refractivity contribution in [2.75, 3.05) is 29.9 Å². The number of nitrogens with zero attached hydrogens (tertiary/aromatic N) is 3. The van der Waals surface area contributed by atoms with Gasteiger partial charge in [-0.3, -0.25) is 0 Å². The van der Waals surface area contributed by atoms with E-state index in [9.17, 15) is 0 Å². The van der Waals surface area contributed by atoms with Gasteiger partial charge in [-0.1, -0.05) is 20.8 Å². The van der Waals surface area contributed by atoms with Crippen molar-refractivity contribution in [3.63, 3.8) is 0 Å². The summed E-state index contributed by atoms with van der Waals surface area (Å²) in [6.45, 7) is 11.8. The predicted molar refractivity (Wildman–Crippen MR) is 85.5 cm³/mol. The van der Waals surface area contributed by atoms with Gasteiger partial charge < -0.3 is 10.2 Å². The van der Waals surface area contributed by atoms with Crippen molar-refractivity contribution in [1.82, 2.24) is 9.97 Å². The first-order valence-corrected chi connectivity index (χ1v) is 8.01. The van der Waals surface area contributed by atoms with Crippen LogP contribution in [0.2, 0.25) is 0 Å². The molecule has 4 heteroatoms. The second-order valence-electron chi connectivity index (χ2n) is 6.04. The summed E-state index contributed by atoms with van der Waals surface area (Å²) in [6.07, 6.45) is 3.91. The van der Waals surface area contributed by atoms with Crippen molar-refractivity contribution in [1.29, 1.82) is 0 Å². The molecular weight excluding hydrogens is 248 g/mol. The van der Waals surface area contributed by atoms with E-state index in [4.69, 9.17) is 4.98 Å². The summed E-state index contributed by atoms with van der Waals surface area (Å²) >= 11 is 0. The van der Waals surface area contributed by atoms with Gasteiger partial charge in [0.25, 0.3) is 0 Å². The molecule has 1 aliphatic carbocycles. The van der Waals surface area contributed by atoms with Crippen molar-refractivity contribution >= 4 is 11.6 Å². The maximum atomic E-state index is 4.79. The fraction of sp³-hybridized carbons (Fsp3) is 0.750. The Bertz CT molecular complexity index is 426. The van der Waals surface area contributed by atoms with Crippen molar-refractivity contribution in [2.45, 2.75) is 52.9 Å². The number of hydrogen-bond donors (Lipinski definition) is 1. The molecule has 0 bridgehead atoms. The molecule has 1 aromatic rings. The molecule has 112 valence electrons. The Morgan fingerprint density at radius 3 is 2.60 bits per heavy atom. The Morgan fingerprint density at radius 2 is 2.05 bits per heavy atom. The lowest BCUT2D eigenvalue weighted by molar-refractivity contribution is 0.687. The largest absolute Gasteiger partial charge is 0.370 e. The van der Waals surface area contributed by atoms with E-state index in [1.54, 1.807) is 0 Å². The van der Waals surface area contributed by atoms with Crippen LogP contribution in [0.5, 0.6) is 0 Å². The third-order valence-corrected chi connectivity index (χ3v) is 3.60. The molecule has 1 fully saturated rings. The lowest BCUT2D eigenvalue weighted by Crippen LogP contribution is -2.28. The average Bonchev–Trinajstić information content (AvgIpc) is 3.22. The molecule has 2 rings (SSSR count). The smallest absolute Gasteiger partial charge is 0.135 e. The van der Waals surface area contributed by atoms with Gasteiger partial charge in [0, 0.05) is 31.6 Å². The van der Waals surface area contributed by atoms with Crippen LogP contribution in [0.25, 0.3) is 0 Å². The molecule has 0 aliphatic heterocycles. The fourth-order valence-electron chi connectivity index (χ4n) is 2.33. The van der Waals surface area contributed by atoms with Crippen molar-refractivity contribution in [2.24, 2.45) is 5.92 Å². The molecule has 0 atom stereocenters. The number of nitrogens with one attached hydrogen (secondary N) is 1. The highest BCUT2D eigenvalue weighted by atomic mass is 15.2. The summed E-state index contributed by atoms with van der Waals surface area (Å²) < 4.78 is 0. The minimum atomic E-state index is 0.358. The van der Waals surface area contributed by atoms with Gasteiger partial charge in [-0.25, -0.2) is 9.97 Å². The summed E-state index contributed by atoms with van der Waals surface area (Å²) in [7, 11) is 0. The Labute approximate surface area is 123 Å². The fourth-order valence-corrected chi connectivity index (χ4v) is 2.33. The number of hydrogen-bond acceptors (Lipinski definition) is 4. The minimum Gasteiger partial charge on any atom is -0.370 e. The summed E-state index contributed by atoms with van der Waals surface area (Å²) in [5, 5.41) is 3.33. The Morgan fingerprint density at radius 1 is 1.30 bits per heavy atom. The molecule has 0 aromatic carbocycles. The molecule has 0 spiro atoms. The normalized spacial score (nSPS) is 14.7. The Kier molecular flexibility index (Phi) is 5.21. The Balaban J connectivity index is 2.25. The van der Waals surface area contributed by atoms with Crippen molar-refractivity contribution < 1.29 is 0 Å². The molecule has 20 heavy (non-hydrogen) atoms. The molecule has 1 aliphatic rings. The first kappa shape index (κ1) is 15.1. The highest BCUT2D eigenvalue weighted by Gasteiger charge is 2.25. The summed E-state index contributed by atoms with van der Waals surface area (Å²) in [4.78, 5) is 11.8. The second kappa shape index (κ2) is 6.91. The molecule has 0 radical (unpaired) electrons. The Hall–Kier alpha value is -1.32. The molecule has 1 N–H and O–H groups in total. The van der Waals surface area contributed by atoms with Crippen LogP contribution in [0.15, 0.2) is 6.07 Å². The molecule has 1 saturated carbocycles. The summed E-state index contributed by atoms with van der Waals surface area (Å²) in [5.74, 6) is 4.22. The monoisotopic (exact) mass is 276 g/mol. The van der Waals surface area contributed by atoms with Gasteiger partial charge in [0.1, 0.15) is 17.5 Å². The SMILES string of the molecule is CCCN(CC1CC1)c1cc(NCC)nc(C(C)C)n1. The molecule has 1 aromatic heterocycles. The summed E-state index contributed by atoms with van der Waals surface area (Å²) in [5.41, 5.74) is 0. The molecule has 0 unspecified atom stereocenters. The van der Waals surface area contributed by atoms with Gasteiger partial charge in [0.2, 0.25) is 0 Å². The van der Waals surface area contributed by atoms with Crippen LogP contribution >= 0.6 is 0 Å². The van der Waals surface area contributed by atoms with Crippen LogP contribution in [0.3, 0.4) is 0 Å². The second-order valence-corrected chi connectivity index (χ2v) is 6.04. The van der Waals surface area contributed by atoms with Crippen molar-refractivity contribution in [3.05, 3.63) is 11.9 Å². The highest BCUT2D eigenvalue weighted by molar-refractivity contribution is 5.50. The van der Waals surface area contributed by atoms with Gasteiger partial charge in [-0.15, -0.1) is 0 Å². The van der Waals surface area contributed by atoms with E-state index in [2.05, 4.69) is 49.0 Å². The van der Waals surface area contributed by atoms with E-state index in [1.807, 2.05) is 0 Å². The van der Waals surface area contributed by atoms with Crippen LogP contribution in [0, 0.1) is 5.92 Å². The standard InChI is InChI=1S/C16H28N4/c1-5-9-20(11-13-7-8-13)15-10-14(17-6-2)18-16(19-15)12(3)4/h10,12-13H,5-9,11H2,1-4H3,(H,17,18,19). The molecule has 1 heterocycles. The third-order valence-electron chi connectivity index (χ3n) is 3.60. The van der Waals surface area contributed by atoms with Crippen molar-refractivity contribution in [3.8, 4) is 0 Å². The van der Waals surface area contributed by atoms with Gasteiger partial charge in [0.15, 0.2) is 0 Å². The van der Waals surface area contributed by atoms with Crippen LogP contribution < -0.4 is 10.2 Å². The maximum absolute atomic E-state index is 4.79. The lowest BCUT2D eigenvalue weighted by atomic mass is 10.2. The average molecular weight is 276 g/mol.